The summed E-state index contributed by atoms with van der Waals surface area (Å²) in [5.74, 6) is -2.13. The van der Waals surface area contributed by atoms with Crippen LogP contribution in [0, 0.1) is 0 Å². The van der Waals surface area contributed by atoms with Gasteiger partial charge >= 0.3 is 26.2 Å². The zero-order chi connectivity index (χ0) is 84.0. The van der Waals surface area contributed by atoms with Gasteiger partial charge in [0.05, 0.1) is 26.1 Å². The van der Waals surface area contributed by atoms with Gasteiger partial charge in [-0.1, -0.05) is 143 Å². The van der Waals surface area contributed by atoms with Gasteiger partial charge in [-0.2, -0.15) is 0 Å². The summed E-state index contributed by atoms with van der Waals surface area (Å²) < 4.78 is 15.6. The third-order valence-electron chi connectivity index (χ3n) is 19.0. The molecule has 14 rings (SSSR count). The first-order valence-corrected chi connectivity index (χ1v) is 44.1. The summed E-state index contributed by atoms with van der Waals surface area (Å²) in [6, 6.07) is 40.0. The van der Waals surface area contributed by atoms with Crippen molar-refractivity contribution < 1.29 is 44.0 Å². The Balaban J connectivity index is 0.000000175. The van der Waals surface area contributed by atoms with Crippen molar-refractivity contribution in [2.24, 2.45) is 5.73 Å². The predicted molar refractivity (Wildman–Crippen MR) is 488 cm³/mol. The van der Waals surface area contributed by atoms with Crippen LogP contribution in [0.4, 0.5) is 0 Å². The van der Waals surface area contributed by atoms with Crippen LogP contribution in [0.3, 0.4) is 0 Å². The molecule has 0 radical (unpaired) electrons. The van der Waals surface area contributed by atoms with Gasteiger partial charge in [-0.25, -0.2) is 9.59 Å². The number of carboxylic acid groups (broad SMARTS) is 2. The highest BCUT2D eigenvalue weighted by Crippen LogP contribution is 2.41. The number of pyridine rings is 4. The number of aromatic carboxylic acids is 2. The maximum Gasteiger partial charge on any atom is 0.494 e. The zero-order valence-corrected chi connectivity index (χ0v) is 77.2. The van der Waals surface area contributed by atoms with E-state index in [1.807, 2.05) is 71.9 Å². The molecule has 15 nitrogen and oxygen atoms in total. The number of carbonyl (C=O) groups excluding carboxylic acids is 1. The number of benzene rings is 3. The van der Waals surface area contributed by atoms with Crippen molar-refractivity contribution in [1.29, 1.82) is 0 Å². The van der Waals surface area contributed by atoms with Crippen LogP contribution in [-0.4, -0.2) is 95.6 Å². The molecular weight excluding hydrogens is 1770 g/mol. The van der Waals surface area contributed by atoms with Crippen molar-refractivity contribution in [3.05, 3.63) is 241 Å². The second-order valence-corrected chi connectivity index (χ2v) is 40.9. The van der Waals surface area contributed by atoms with Gasteiger partial charge in [0.2, 0.25) is 0 Å². The monoisotopic (exact) mass is 1860 g/mol. The summed E-state index contributed by atoms with van der Waals surface area (Å²) in [5.41, 5.74) is 18.5. The number of thiophene rings is 4. The van der Waals surface area contributed by atoms with Crippen LogP contribution in [0.25, 0.3) is 53.6 Å². The van der Waals surface area contributed by atoms with E-state index in [0.29, 0.717) is 27.7 Å². The van der Waals surface area contributed by atoms with Gasteiger partial charge < -0.3 is 40.6 Å². The number of hydrogen-bond acceptors (Lipinski definition) is 16. The number of hydrogen-bond donors (Lipinski definition) is 6. The van der Waals surface area contributed by atoms with E-state index in [1.54, 1.807) is 63.5 Å². The molecule has 0 spiro atoms. The maximum absolute atomic E-state index is 12.4. The second kappa shape index (κ2) is 40.4. The molecular formula is C87H98B2Br3Cl3N6O9S4. The van der Waals surface area contributed by atoms with Crippen molar-refractivity contribution in [3.63, 3.8) is 0 Å². The zero-order valence-electron chi connectivity index (χ0n) is 66.9. The SMILES string of the molecule is Brc1csc(Br)c1.CC(C)(C)c1cc(-c2cc(-c3ccc(C(=O)NC4CCC4)cc3Cl)cs2)ccn1.CC(C)(C)c1cc(-c2cc(-c3ccc(C(=O)O)cc3Cl)cs2)ccn1.CC(C)(C)c1cc(-c2cc(Br)cs2)ccn1.CC(C)(C)c1cc(B2OC(C)(C)C(C)(C)O2)ccn1.NC1CCC1.O=C(O)c1ccc(B(O)O)c(Cl)c1. The average molecular weight is 1870 g/mol. The van der Waals surface area contributed by atoms with E-state index < -0.39 is 19.1 Å². The van der Waals surface area contributed by atoms with E-state index in [2.05, 4.69) is 243 Å². The van der Waals surface area contributed by atoms with Gasteiger partial charge in [0.15, 0.2) is 0 Å². The van der Waals surface area contributed by atoms with Crippen molar-refractivity contribution in [2.45, 2.75) is 194 Å². The number of amides is 1. The quantitative estimate of drug-likeness (QED) is 0.0661. The van der Waals surface area contributed by atoms with Crippen LogP contribution in [0.5, 0.6) is 0 Å². The van der Waals surface area contributed by atoms with E-state index in [1.165, 1.54) is 69.1 Å². The van der Waals surface area contributed by atoms with Gasteiger partial charge in [-0.3, -0.25) is 24.7 Å². The molecule has 3 fully saturated rings. The molecule has 2 aliphatic carbocycles. The number of rotatable bonds is 11. The normalized spacial score (nSPS) is 14.3. The maximum atomic E-state index is 12.4. The first-order valence-electron chi connectivity index (χ1n) is 37.1. The van der Waals surface area contributed by atoms with Crippen molar-refractivity contribution >= 4 is 171 Å². The van der Waals surface area contributed by atoms with Crippen LogP contribution >= 0.6 is 128 Å². The Kier molecular flexibility index (Phi) is 33.1. The van der Waals surface area contributed by atoms with Gasteiger partial charge in [0.1, 0.15) is 0 Å². The van der Waals surface area contributed by atoms with E-state index >= 15 is 0 Å². The summed E-state index contributed by atoms with van der Waals surface area (Å²) in [6.07, 6.45) is 14.7. The fourth-order valence-electron chi connectivity index (χ4n) is 10.9. The van der Waals surface area contributed by atoms with Crippen molar-refractivity contribution in [3.8, 4) is 53.6 Å². The van der Waals surface area contributed by atoms with Gasteiger partial charge in [0, 0.05) is 153 Å². The molecule has 0 unspecified atom stereocenters. The predicted octanol–water partition coefficient (Wildman–Crippen LogP) is 23.9. The first-order chi connectivity index (χ1) is 53.3. The molecule has 114 heavy (non-hydrogen) atoms. The number of nitrogens with zero attached hydrogens (tertiary/aromatic N) is 4. The standard InChI is InChI=1S/C24H25ClN2OS.C20H18ClNO2S.C15H24BNO2.C13H14BrNS.C7H6BClO4.C4H2Br2S.C4H9N/c1-24(2,3)22-13-15(9-10-26-22)21-12-17(14-29-21)19-8-7-16(11-20(19)25)23(28)27-18-5-4-6-18;1-20(2,3)18-10-12(6-7-22-18)17-9-14(11-25-17)15-5-4-13(19(23)24)8-16(15)21;1-13(2,3)12-10-11(8-9-17-12)16-18-14(4,5)15(6,7)19-16;1-13(2,3)12-6-9(4-5-15-12)11-7-10(14)8-16-11;9-6-3-4(7(10)11)1-2-5(6)8(12)13;5-3-1-4(6)7-2-3;5-4-2-1-3-4/h7-14,18H,4-6H2,1-3H3,(H,27,28);4-11H,1-3H3,(H,23,24);8-10H,1-7H3;4-8H,1-3H3;1-3,12-13H,(H,10,11);1-2H;4H,1-3,5H2. The fourth-order valence-corrected chi connectivity index (χ4v) is 17.0. The van der Waals surface area contributed by atoms with Crippen molar-refractivity contribution in [2.75, 3.05) is 0 Å². The number of carbonyl (C=O) groups is 3. The fraction of sp³-hybridized carbons (Fsp3) is 0.345. The minimum atomic E-state index is -1.68. The summed E-state index contributed by atoms with van der Waals surface area (Å²) in [5, 5.41) is 47.5. The first kappa shape index (κ1) is 93.2. The van der Waals surface area contributed by atoms with Gasteiger partial charge in [0.25, 0.3) is 5.91 Å². The number of nitrogens with two attached hydrogens (primary N) is 1. The van der Waals surface area contributed by atoms with Crippen LogP contribution in [0.2, 0.25) is 15.1 Å². The van der Waals surface area contributed by atoms with Crippen molar-refractivity contribution in [1.82, 2.24) is 25.3 Å². The van der Waals surface area contributed by atoms with Crippen LogP contribution < -0.4 is 22.0 Å². The average Bonchev–Trinajstić information content (AvgIpc) is 1.62. The van der Waals surface area contributed by atoms with E-state index in [4.69, 9.17) is 70.1 Å². The Morgan fingerprint density at radius 1 is 0.482 bits per heavy atom. The lowest BCUT2D eigenvalue weighted by Crippen LogP contribution is -2.41. The van der Waals surface area contributed by atoms with Crippen LogP contribution in [-0.2, 0) is 31.0 Å². The highest BCUT2D eigenvalue weighted by atomic mass is 79.9. The van der Waals surface area contributed by atoms with E-state index in [-0.39, 0.29) is 67.5 Å². The molecule has 8 aromatic heterocycles. The summed E-state index contributed by atoms with van der Waals surface area (Å²) in [7, 11) is -2.00. The van der Waals surface area contributed by atoms with E-state index in [9.17, 15) is 14.4 Å². The number of nitrogens with one attached hydrogen (secondary N) is 1. The highest BCUT2D eigenvalue weighted by Gasteiger charge is 2.52. The number of halogens is 6. The minimum absolute atomic E-state index is 0.00787. The summed E-state index contributed by atoms with van der Waals surface area (Å²) >= 11 is 35.3. The Morgan fingerprint density at radius 2 is 0.851 bits per heavy atom. The molecule has 9 heterocycles. The molecule has 602 valence electrons. The molecule has 7 N–H and O–H groups in total. The van der Waals surface area contributed by atoms with Gasteiger partial charge in [-0.05, 0) is 261 Å². The second-order valence-electron chi connectivity index (χ2n) is 32.9. The third kappa shape index (κ3) is 26.9. The lowest BCUT2D eigenvalue weighted by atomic mass is 9.77. The Hall–Kier alpha value is -6.29. The van der Waals surface area contributed by atoms with Crippen LogP contribution in [0.15, 0.2) is 186 Å². The molecule has 1 amide bonds. The molecule has 11 aromatic rings. The van der Waals surface area contributed by atoms with Crippen LogP contribution in [0.1, 0.15) is 203 Å². The van der Waals surface area contributed by atoms with E-state index in [0.717, 1.165) is 88.3 Å². The summed E-state index contributed by atoms with van der Waals surface area (Å²) in [4.78, 5) is 55.3. The molecule has 1 saturated heterocycles. The molecule has 0 atom stereocenters. The summed E-state index contributed by atoms with van der Waals surface area (Å²) in [6.45, 7) is 34.2. The Bertz CT molecular complexity index is 5060. The third-order valence-corrected chi connectivity index (χ3v) is 25.9. The Morgan fingerprint density at radius 3 is 1.18 bits per heavy atom. The highest BCUT2D eigenvalue weighted by molar-refractivity contribution is 9.11. The molecule has 2 saturated carbocycles. The molecule has 27 heteroatoms. The molecule has 0 bridgehead atoms. The topological polar surface area (TPSA) is 240 Å². The molecule has 3 aliphatic rings. The largest absolute Gasteiger partial charge is 0.494 e. The Labute approximate surface area is 728 Å². The number of carboxylic acids is 2. The van der Waals surface area contributed by atoms with Gasteiger partial charge in [-0.15, -0.1) is 45.3 Å². The number of aromatic nitrogens is 4. The lowest BCUT2D eigenvalue weighted by Gasteiger charge is -2.32. The minimum Gasteiger partial charge on any atom is -0.478 e. The lowest BCUT2D eigenvalue weighted by molar-refractivity contribution is 0.00578. The smallest absolute Gasteiger partial charge is 0.478 e. The molecule has 3 aromatic carbocycles. The molecule has 1 aliphatic heterocycles.